The van der Waals surface area contributed by atoms with Crippen molar-refractivity contribution in [1.82, 2.24) is 5.32 Å². The Hall–Kier alpha value is -3.73. The summed E-state index contributed by atoms with van der Waals surface area (Å²) in [5.74, 6) is -0.0807. The molecule has 480 valence electrons. The molecular weight excluding hydrogens is 1020 g/mol. The van der Waals surface area contributed by atoms with E-state index in [-0.39, 0.29) is 12.5 Å². The number of hydrogen-bond acceptors (Lipinski definition) is 3. The Balaban J connectivity index is 3.58. The van der Waals surface area contributed by atoms with Crippen molar-refractivity contribution in [1.29, 1.82) is 0 Å². The van der Waals surface area contributed by atoms with E-state index in [1.807, 2.05) is 6.08 Å². The minimum atomic E-state index is -0.876. The van der Waals surface area contributed by atoms with Gasteiger partial charge in [-0.3, -0.25) is 4.79 Å². The first-order valence-electron chi connectivity index (χ1n) is 36.0. The molecule has 0 bridgehead atoms. The number of aliphatic hydroxyl groups excluding tert-OH is 2. The molecule has 84 heavy (non-hydrogen) atoms. The number of unbranched alkanes of at least 4 members (excludes halogenated alkanes) is 36. The van der Waals surface area contributed by atoms with Gasteiger partial charge in [0.15, 0.2) is 0 Å². The van der Waals surface area contributed by atoms with E-state index in [2.05, 4.69) is 153 Å². The molecule has 0 aromatic rings. The van der Waals surface area contributed by atoms with Gasteiger partial charge < -0.3 is 15.5 Å². The van der Waals surface area contributed by atoms with E-state index >= 15 is 0 Å². The highest BCUT2D eigenvalue weighted by atomic mass is 16.3. The van der Waals surface area contributed by atoms with Crippen LogP contribution in [0.5, 0.6) is 0 Å². The lowest BCUT2D eigenvalue weighted by molar-refractivity contribution is -0.123. The Kier molecular flexibility index (Phi) is 70.3. The van der Waals surface area contributed by atoms with Crippen LogP contribution in [0.2, 0.25) is 0 Å². The molecule has 0 aromatic heterocycles. The van der Waals surface area contributed by atoms with Gasteiger partial charge >= 0.3 is 0 Å². The molecule has 0 saturated heterocycles. The quantitative estimate of drug-likeness (QED) is 0.0420. The molecule has 1 amide bonds. The van der Waals surface area contributed by atoms with Crippen molar-refractivity contribution in [3.05, 3.63) is 146 Å². The molecule has 0 radical (unpaired) electrons. The van der Waals surface area contributed by atoms with Crippen LogP contribution in [0, 0.1) is 0 Å². The van der Waals surface area contributed by atoms with Crippen LogP contribution in [0.3, 0.4) is 0 Å². The summed E-state index contributed by atoms with van der Waals surface area (Å²) >= 11 is 0. The summed E-state index contributed by atoms with van der Waals surface area (Å²) in [5, 5.41) is 23.3. The van der Waals surface area contributed by atoms with Crippen molar-refractivity contribution in [2.45, 2.75) is 347 Å². The van der Waals surface area contributed by atoms with E-state index in [1.54, 1.807) is 6.08 Å². The number of amides is 1. The van der Waals surface area contributed by atoms with Crippen molar-refractivity contribution < 1.29 is 15.0 Å². The second-order valence-corrected chi connectivity index (χ2v) is 23.9. The van der Waals surface area contributed by atoms with Crippen molar-refractivity contribution in [3.8, 4) is 0 Å². The first-order valence-corrected chi connectivity index (χ1v) is 36.0. The summed E-state index contributed by atoms with van der Waals surface area (Å²) < 4.78 is 0. The highest BCUT2D eigenvalue weighted by molar-refractivity contribution is 5.76. The average Bonchev–Trinajstić information content (AvgIpc) is 3.51. The maximum absolute atomic E-state index is 12.5. The Morgan fingerprint density at radius 1 is 0.298 bits per heavy atom. The summed E-state index contributed by atoms with van der Waals surface area (Å²) in [6.07, 6.45) is 115. The molecule has 0 heterocycles. The smallest absolute Gasteiger partial charge is 0.220 e. The van der Waals surface area contributed by atoms with Gasteiger partial charge in [0.25, 0.3) is 0 Å². The van der Waals surface area contributed by atoms with E-state index in [0.29, 0.717) is 6.42 Å². The predicted molar refractivity (Wildman–Crippen MR) is 377 cm³/mol. The molecule has 0 rings (SSSR count). The third kappa shape index (κ3) is 69.0. The van der Waals surface area contributed by atoms with Gasteiger partial charge in [0, 0.05) is 6.42 Å². The van der Waals surface area contributed by atoms with Crippen molar-refractivity contribution in [3.63, 3.8) is 0 Å². The lowest BCUT2D eigenvalue weighted by atomic mass is 10.0. The average molecular weight is 1160 g/mol. The lowest BCUT2D eigenvalue weighted by Gasteiger charge is -2.19. The van der Waals surface area contributed by atoms with E-state index in [0.717, 1.165) is 103 Å². The highest BCUT2D eigenvalue weighted by Gasteiger charge is 2.18. The Bertz CT molecular complexity index is 1700. The van der Waals surface area contributed by atoms with Gasteiger partial charge in [-0.15, -0.1) is 0 Å². The largest absolute Gasteiger partial charge is 0.394 e. The van der Waals surface area contributed by atoms with Crippen LogP contribution in [-0.2, 0) is 4.79 Å². The number of hydrogen-bond donors (Lipinski definition) is 3. The minimum Gasteiger partial charge on any atom is -0.394 e. The van der Waals surface area contributed by atoms with Gasteiger partial charge in [-0.25, -0.2) is 0 Å². The number of aliphatic hydroxyl groups is 2. The molecule has 4 heteroatoms. The second-order valence-electron chi connectivity index (χ2n) is 23.9. The summed E-state index contributed by atoms with van der Waals surface area (Å²) in [6, 6.07) is -0.653. The Morgan fingerprint density at radius 3 is 0.833 bits per heavy atom. The van der Waals surface area contributed by atoms with Crippen molar-refractivity contribution >= 4 is 5.91 Å². The monoisotopic (exact) mass is 1160 g/mol. The standard InChI is InChI=1S/C80H137NO3/c1-3-5-7-9-11-13-15-17-19-21-23-25-27-29-31-33-35-36-37-38-39-40-41-42-43-44-46-48-50-52-54-56-58-60-62-64-66-68-70-72-74-76-80(84)81-78(77-82)79(83)75-73-71-69-67-65-63-61-59-57-55-53-51-49-47-45-34-32-30-28-26-24-22-20-18-16-14-12-10-8-6-4-2/h5,7,11,13,17,19,23,25,29,31,35-36,38-39,41-42,44,46,50,52,65,67,73,75,78-79,82-83H,3-4,6,8-10,12,14-16,18,20-22,24,26-28,30,32-34,37,40,43,45,47-49,51,53-64,66,68-72,74,76-77H2,1-2H3,(H,81,84)/b7-5-,13-11-,19-17-,25-23-,31-29-,36-35-,39-38-,42-41-,46-44-,52-50-,67-65+,75-73+. The molecule has 0 aliphatic heterocycles. The zero-order chi connectivity index (χ0) is 60.5. The fourth-order valence-electron chi connectivity index (χ4n) is 10.4. The van der Waals surface area contributed by atoms with Crippen LogP contribution >= 0.6 is 0 Å². The fraction of sp³-hybridized carbons (Fsp3) is 0.688. The topological polar surface area (TPSA) is 69.6 Å². The SMILES string of the molecule is CC/C=C\C/C=C\C/C=C\C/C=C\C/C=C\C/C=C\C/C=C\C/C=C\C/C=C\C/C=C\CCCCCCCCCCCCC(=O)NC(CO)C(O)/C=C/CC/C=C/CCCCCCCCCCCCCCCCCCCCCCCCCCC. The predicted octanol–water partition coefficient (Wildman–Crippen LogP) is 25.0. The summed E-state index contributed by atoms with van der Waals surface area (Å²) in [6.45, 7) is 4.20. The summed E-state index contributed by atoms with van der Waals surface area (Å²) in [4.78, 5) is 12.5. The molecule has 3 N–H and O–H groups in total. The summed E-state index contributed by atoms with van der Waals surface area (Å²) in [5.41, 5.74) is 0. The third-order valence-electron chi connectivity index (χ3n) is 15.8. The molecule has 0 aliphatic rings. The first kappa shape index (κ1) is 80.3. The number of allylic oxidation sites excluding steroid dienone is 23. The van der Waals surface area contributed by atoms with E-state index < -0.39 is 12.1 Å². The normalized spacial score (nSPS) is 13.6. The maximum Gasteiger partial charge on any atom is 0.220 e. The molecule has 0 saturated carbocycles. The molecule has 4 nitrogen and oxygen atoms in total. The van der Waals surface area contributed by atoms with E-state index in [9.17, 15) is 15.0 Å². The maximum atomic E-state index is 12.5. The first-order chi connectivity index (χ1) is 41.7. The summed E-state index contributed by atoms with van der Waals surface area (Å²) in [7, 11) is 0. The van der Waals surface area contributed by atoms with Gasteiger partial charge in [0.1, 0.15) is 0 Å². The van der Waals surface area contributed by atoms with Gasteiger partial charge in [0.05, 0.1) is 18.8 Å². The van der Waals surface area contributed by atoms with Crippen LogP contribution in [0.4, 0.5) is 0 Å². The highest BCUT2D eigenvalue weighted by Crippen LogP contribution is 2.17. The minimum absolute atomic E-state index is 0.0807. The van der Waals surface area contributed by atoms with Crippen LogP contribution in [0.1, 0.15) is 335 Å². The van der Waals surface area contributed by atoms with E-state index in [1.165, 1.54) is 212 Å². The number of nitrogens with one attached hydrogen (secondary N) is 1. The fourth-order valence-corrected chi connectivity index (χ4v) is 10.4. The second kappa shape index (κ2) is 73.5. The number of carbonyl (C=O) groups excluding carboxylic acids is 1. The molecule has 0 fully saturated rings. The van der Waals surface area contributed by atoms with Crippen LogP contribution < -0.4 is 5.32 Å². The Labute approximate surface area is 523 Å². The van der Waals surface area contributed by atoms with Crippen molar-refractivity contribution in [2.24, 2.45) is 0 Å². The van der Waals surface area contributed by atoms with Gasteiger partial charge in [0.2, 0.25) is 5.91 Å². The van der Waals surface area contributed by atoms with Crippen LogP contribution in [0.25, 0.3) is 0 Å². The van der Waals surface area contributed by atoms with Crippen LogP contribution in [0.15, 0.2) is 146 Å². The molecule has 2 atom stereocenters. The van der Waals surface area contributed by atoms with Crippen molar-refractivity contribution in [2.75, 3.05) is 6.61 Å². The molecular formula is C80H137NO3. The van der Waals surface area contributed by atoms with Crippen LogP contribution in [-0.4, -0.2) is 34.9 Å². The molecule has 0 aromatic carbocycles. The zero-order valence-corrected chi connectivity index (χ0v) is 55.4. The van der Waals surface area contributed by atoms with Gasteiger partial charge in [-0.1, -0.05) is 365 Å². The Morgan fingerprint density at radius 2 is 0.536 bits per heavy atom. The third-order valence-corrected chi connectivity index (χ3v) is 15.8. The molecule has 0 aliphatic carbocycles. The van der Waals surface area contributed by atoms with E-state index in [4.69, 9.17) is 0 Å². The molecule has 2 unspecified atom stereocenters. The lowest BCUT2D eigenvalue weighted by Crippen LogP contribution is -2.45. The number of carbonyl (C=O) groups is 1. The van der Waals surface area contributed by atoms with Gasteiger partial charge in [-0.05, 0) is 109 Å². The van der Waals surface area contributed by atoms with Gasteiger partial charge in [-0.2, -0.15) is 0 Å². The number of rotatable bonds is 65. The molecule has 0 spiro atoms. The zero-order valence-electron chi connectivity index (χ0n) is 55.4.